The van der Waals surface area contributed by atoms with Crippen molar-refractivity contribution in [3.63, 3.8) is 0 Å². The molecule has 0 aliphatic carbocycles. The quantitative estimate of drug-likeness (QED) is 0.328. The van der Waals surface area contributed by atoms with Crippen LogP contribution >= 0.6 is 7.14 Å². The van der Waals surface area contributed by atoms with Gasteiger partial charge in [-0.15, -0.1) is 0 Å². The molecule has 0 fully saturated rings. The summed E-state index contributed by atoms with van der Waals surface area (Å²) in [5.41, 5.74) is 2.44. The lowest BCUT2D eigenvalue weighted by atomic mass is 10.8. The van der Waals surface area contributed by atoms with Crippen LogP contribution in [-0.2, 0) is 4.57 Å². The topological polar surface area (TPSA) is 55.1 Å². The second-order valence-corrected chi connectivity index (χ2v) is 5.92. The Morgan fingerprint density at radius 2 is 2.00 bits per heavy atom. The van der Waals surface area contributed by atoms with Crippen LogP contribution < -0.4 is 11.3 Å². The molecule has 1 atom stereocenters. The Morgan fingerprint density at radius 1 is 1.62 bits per heavy atom. The minimum absolute atomic E-state index is 0.0671. The van der Waals surface area contributed by atoms with E-state index in [9.17, 15) is 4.57 Å². The number of nitrogens with two attached hydrogens (primary N) is 1. The summed E-state index contributed by atoms with van der Waals surface area (Å²) in [6.07, 6.45) is 0. The highest BCUT2D eigenvalue weighted by atomic mass is 31.2. The van der Waals surface area contributed by atoms with Crippen LogP contribution in [0.3, 0.4) is 0 Å². The molecule has 0 aromatic heterocycles. The van der Waals surface area contributed by atoms with Gasteiger partial charge >= 0.3 is 0 Å². The van der Waals surface area contributed by atoms with E-state index in [1.807, 2.05) is 0 Å². The highest BCUT2D eigenvalue weighted by Gasteiger charge is 2.14. The molecule has 4 heteroatoms. The van der Waals surface area contributed by atoms with Gasteiger partial charge in [0.2, 0.25) is 0 Å². The summed E-state index contributed by atoms with van der Waals surface area (Å²) >= 11 is 0. The Balaban J connectivity index is 3.82. The fraction of sp³-hybridized carbons (Fsp3) is 1.00. The summed E-state index contributed by atoms with van der Waals surface area (Å²) in [5, 5.41) is 0. The highest BCUT2D eigenvalue weighted by Crippen LogP contribution is 2.39. The van der Waals surface area contributed by atoms with Crippen LogP contribution in [0.2, 0.25) is 0 Å². The molecule has 0 radical (unpaired) electrons. The molecule has 0 spiro atoms. The molecule has 0 rings (SSSR count). The van der Waals surface area contributed by atoms with Crippen molar-refractivity contribution < 1.29 is 4.57 Å². The lowest BCUT2D eigenvalue weighted by Gasteiger charge is -2.13. The first-order chi connectivity index (χ1) is 3.48. The molecule has 0 saturated heterocycles. The van der Waals surface area contributed by atoms with Crippen molar-refractivity contribution in [2.24, 2.45) is 5.84 Å². The maximum absolute atomic E-state index is 11.0. The maximum Gasteiger partial charge on any atom is 0.0989 e. The van der Waals surface area contributed by atoms with Crippen molar-refractivity contribution in [2.75, 3.05) is 13.3 Å². The second-order valence-electron chi connectivity index (χ2n) is 2.28. The predicted octanol–water partition coefficient (Wildman–Crippen LogP) is 0.418. The molecule has 0 bridgehead atoms. The lowest BCUT2D eigenvalue weighted by molar-refractivity contribution is 0.561. The zero-order valence-electron chi connectivity index (χ0n) is 5.51. The molecule has 0 heterocycles. The SMILES string of the molecule is CC(NN)P(C)(C)=O. The Labute approximate surface area is 50.0 Å². The number of rotatable bonds is 2. The summed E-state index contributed by atoms with van der Waals surface area (Å²) in [5.74, 6) is 4.97. The van der Waals surface area contributed by atoms with Crippen molar-refractivity contribution in [2.45, 2.75) is 12.7 Å². The molecule has 0 aliphatic rings. The van der Waals surface area contributed by atoms with E-state index in [0.29, 0.717) is 0 Å². The summed E-state index contributed by atoms with van der Waals surface area (Å²) in [4.78, 5) is 0. The van der Waals surface area contributed by atoms with Crippen molar-refractivity contribution in [1.82, 2.24) is 5.43 Å². The standard InChI is InChI=1S/C4H13N2OP/c1-4(6-5)8(2,3)7/h4,6H,5H2,1-3H3. The van der Waals surface area contributed by atoms with E-state index in [1.54, 1.807) is 20.3 Å². The monoisotopic (exact) mass is 136 g/mol. The van der Waals surface area contributed by atoms with Gasteiger partial charge in [0.25, 0.3) is 0 Å². The van der Waals surface area contributed by atoms with Crippen LogP contribution in [-0.4, -0.2) is 19.1 Å². The first-order valence-corrected chi connectivity index (χ1v) is 5.16. The number of hydrogen-bond donors (Lipinski definition) is 2. The summed E-state index contributed by atoms with van der Waals surface area (Å²) in [7, 11) is -1.99. The zero-order valence-corrected chi connectivity index (χ0v) is 6.40. The third-order valence-electron chi connectivity index (χ3n) is 1.17. The van der Waals surface area contributed by atoms with Gasteiger partial charge in [-0.1, -0.05) is 0 Å². The fourth-order valence-corrected chi connectivity index (χ4v) is 0.539. The fourth-order valence-electron chi connectivity index (χ4n) is 0.180. The predicted molar refractivity (Wildman–Crippen MR) is 36.2 cm³/mol. The molecular formula is C4H13N2OP. The van der Waals surface area contributed by atoms with Gasteiger partial charge in [0.15, 0.2) is 0 Å². The second kappa shape index (κ2) is 2.62. The maximum atomic E-state index is 11.0. The van der Waals surface area contributed by atoms with E-state index in [1.165, 1.54) is 0 Å². The van der Waals surface area contributed by atoms with Gasteiger partial charge in [-0.05, 0) is 20.3 Å². The summed E-state index contributed by atoms with van der Waals surface area (Å²) in [6.45, 7) is 5.22. The van der Waals surface area contributed by atoms with Gasteiger partial charge < -0.3 is 4.57 Å². The van der Waals surface area contributed by atoms with Gasteiger partial charge in [-0.3, -0.25) is 11.3 Å². The largest absolute Gasteiger partial charge is 0.322 e. The summed E-state index contributed by atoms with van der Waals surface area (Å²) in [6, 6.07) is 0. The van der Waals surface area contributed by atoms with E-state index in [2.05, 4.69) is 5.43 Å². The first kappa shape index (κ1) is 8.15. The molecule has 0 amide bonds. The van der Waals surface area contributed by atoms with Gasteiger partial charge in [0.05, 0.1) is 12.9 Å². The van der Waals surface area contributed by atoms with Gasteiger partial charge in [0.1, 0.15) is 0 Å². The molecule has 0 saturated carbocycles. The van der Waals surface area contributed by atoms with Gasteiger partial charge in [0, 0.05) is 0 Å². The van der Waals surface area contributed by atoms with Crippen LogP contribution in [0.15, 0.2) is 0 Å². The summed E-state index contributed by atoms with van der Waals surface area (Å²) < 4.78 is 11.0. The molecule has 0 aliphatic heterocycles. The number of nitrogens with one attached hydrogen (secondary N) is 1. The van der Waals surface area contributed by atoms with Crippen molar-refractivity contribution >= 4 is 7.14 Å². The van der Waals surface area contributed by atoms with Crippen LogP contribution in [0, 0.1) is 0 Å². The Hall–Kier alpha value is 0.150. The van der Waals surface area contributed by atoms with Gasteiger partial charge in [-0.25, -0.2) is 0 Å². The zero-order chi connectivity index (χ0) is 6.78. The minimum Gasteiger partial charge on any atom is -0.322 e. The number of hydrogen-bond acceptors (Lipinski definition) is 3. The van der Waals surface area contributed by atoms with Crippen molar-refractivity contribution in [3.8, 4) is 0 Å². The van der Waals surface area contributed by atoms with E-state index in [0.717, 1.165) is 0 Å². The van der Waals surface area contributed by atoms with Crippen molar-refractivity contribution in [3.05, 3.63) is 0 Å². The average molecular weight is 136 g/mol. The Bertz CT molecular complexity index is 109. The van der Waals surface area contributed by atoms with Crippen LogP contribution in [0.5, 0.6) is 0 Å². The Morgan fingerprint density at radius 3 is 2.00 bits per heavy atom. The minimum atomic E-state index is -1.99. The van der Waals surface area contributed by atoms with Crippen LogP contribution in [0.4, 0.5) is 0 Å². The number of hydrazine groups is 1. The molecule has 50 valence electrons. The van der Waals surface area contributed by atoms with E-state index in [-0.39, 0.29) is 5.78 Å². The molecule has 3 N–H and O–H groups in total. The molecular weight excluding hydrogens is 123 g/mol. The molecule has 0 aromatic rings. The molecule has 0 aromatic carbocycles. The third-order valence-corrected chi connectivity index (χ3v) is 3.19. The average Bonchev–Trinajstić information content (AvgIpc) is 1.62. The van der Waals surface area contributed by atoms with Crippen LogP contribution in [0.25, 0.3) is 0 Å². The van der Waals surface area contributed by atoms with Crippen LogP contribution in [0.1, 0.15) is 6.92 Å². The Kier molecular flexibility index (Phi) is 2.67. The van der Waals surface area contributed by atoms with E-state index >= 15 is 0 Å². The normalized spacial score (nSPS) is 16.0. The van der Waals surface area contributed by atoms with Crippen molar-refractivity contribution in [1.29, 1.82) is 0 Å². The lowest BCUT2D eigenvalue weighted by Crippen LogP contribution is -2.31. The molecule has 8 heavy (non-hydrogen) atoms. The third kappa shape index (κ3) is 2.46. The molecule has 3 nitrogen and oxygen atoms in total. The highest BCUT2D eigenvalue weighted by molar-refractivity contribution is 7.63. The first-order valence-electron chi connectivity index (χ1n) is 2.49. The van der Waals surface area contributed by atoms with E-state index in [4.69, 9.17) is 5.84 Å². The smallest absolute Gasteiger partial charge is 0.0989 e. The molecule has 1 unspecified atom stereocenters. The van der Waals surface area contributed by atoms with E-state index < -0.39 is 7.14 Å². The van der Waals surface area contributed by atoms with Gasteiger partial charge in [-0.2, -0.15) is 0 Å².